The van der Waals surface area contributed by atoms with Crippen LogP contribution in [0.1, 0.15) is 25.7 Å². The molecular weight excluding hydrogens is 416 g/mol. The molecular formula is C23H26N2O3S2. The van der Waals surface area contributed by atoms with Gasteiger partial charge >= 0.3 is 0 Å². The summed E-state index contributed by atoms with van der Waals surface area (Å²) in [6.45, 7) is 1.52. The first kappa shape index (κ1) is 21.0. The Bertz CT molecular complexity index is 969. The van der Waals surface area contributed by atoms with Gasteiger partial charge in [0.05, 0.1) is 17.3 Å². The number of piperidine rings is 1. The van der Waals surface area contributed by atoms with E-state index in [1.54, 1.807) is 18.4 Å². The molecule has 0 spiro atoms. The lowest BCUT2D eigenvalue weighted by Crippen LogP contribution is -2.41. The number of rotatable bonds is 8. The first-order valence-electron chi connectivity index (χ1n) is 10.3. The van der Waals surface area contributed by atoms with Crippen molar-refractivity contribution in [2.75, 3.05) is 26.0 Å². The van der Waals surface area contributed by atoms with Gasteiger partial charge in [-0.15, -0.1) is 11.8 Å². The summed E-state index contributed by atoms with van der Waals surface area (Å²) in [5, 5.41) is 0.695. The number of methoxy groups -OCH3 is 1. The van der Waals surface area contributed by atoms with Gasteiger partial charge in [0.15, 0.2) is 0 Å². The van der Waals surface area contributed by atoms with E-state index in [0.29, 0.717) is 11.6 Å². The van der Waals surface area contributed by atoms with Gasteiger partial charge in [0.1, 0.15) is 11.9 Å². The molecule has 0 radical (unpaired) electrons. The number of nitrogens with zero attached hydrogens (tertiary/aromatic N) is 2. The normalized spacial score (nSPS) is 14.8. The van der Waals surface area contributed by atoms with Gasteiger partial charge in [0.2, 0.25) is 5.91 Å². The highest BCUT2D eigenvalue weighted by molar-refractivity contribution is 7.99. The van der Waals surface area contributed by atoms with Crippen molar-refractivity contribution < 1.29 is 14.3 Å². The van der Waals surface area contributed by atoms with Gasteiger partial charge in [0, 0.05) is 43.3 Å². The number of ether oxygens (including phenoxy) is 2. The summed E-state index contributed by atoms with van der Waals surface area (Å²) < 4.78 is 12.5. The number of thioether (sulfide) groups is 1. The van der Waals surface area contributed by atoms with Crippen LogP contribution in [-0.4, -0.2) is 47.8 Å². The molecule has 30 heavy (non-hydrogen) atoms. The van der Waals surface area contributed by atoms with Crippen LogP contribution in [0, 0.1) is 0 Å². The number of carbonyl (C=O) groups excluding carboxylic acids is 1. The van der Waals surface area contributed by atoms with Crippen LogP contribution in [0.3, 0.4) is 0 Å². The zero-order valence-electron chi connectivity index (χ0n) is 17.1. The number of carbonyl (C=O) groups is 1. The minimum Gasteiger partial charge on any atom is -0.497 e. The van der Waals surface area contributed by atoms with Crippen LogP contribution in [0.15, 0.2) is 53.4 Å². The molecule has 2 aromatic carbocycles. The standard InChI is InChI=1S/C23H26N2O3S2/c1-27-18-9-10-21-20(16-18)24-23(30-21)28-17-11-13-25(14-12-17)22(26)8-5-15-29-19-6-3-2-4-7-19/h2-4,6-7,9-10,16-17H,5,8,11-15H2,1H3. The average Bonchev–Trinajstić information content (AvgIpc) is 3.19. The van der Waals surface area contributed by atoms with Gasteiger partial charge in [0.25, 0.3) is 5.19 Å². The zero-order chi connectivity index (χ0) is 20.8. The molecule has 2 heterocycles. The molecule has 1 amide bonds. The highest BCUT2D eigenvalue weighted by atomic mass is 32.2. The predicted octanol–water partition coefficient (Wildman–Crippen LogP) is 5.25. The SMILES string of the molecule is COc1ccc2sc(OC3CCN(C(=O)CCCSc4ccccc4)CC3)nc2c1. The summed E-state index contributed by atoms with van der Waals surface area (Å²) in [5.74, 6) is 2.03. The van der Waals surface area contributed by atoms with Crippen molar-refractivity contribution >= 4 is 39.2 Å². The van der Waals surface area contributed by atoms with Crippen molar-refractivity contribution in [3.63, 3.8) is 0 Å². The topological polar surface area (TPSA) is 51.7 Å². The minimum atomic E-state index is 0.116. The molecule has 158 valence electrons. The zero-order valence-corrected chi connectivity index (χ0v) is 18.7. The summed E-state index contributed by atoms with van der Waals surface area (Å²) in [7, 11) is 1.65. The number of amides is 1. The third-order valence-electron chi connectivity index (χ3n) is 5.18. The third-order valence-corrected chi connectivity index (χ3v) is 7.21. The Morgan fingerprint density at radius 2 is 2.00 bits per heavy atom. The molecule has 1 aromatic heterocycles. The number of likely N-dealkylation sites (tertiary alicyclic amines) is 1. The molecule has 4 rings (SSSR count). The van der Waals surface area contributed by atoms with Crippen LogP contribution in [0.4, 0.5) is 0 Å². The predicted molar refractivity (Wildman–Crippen MR) is 123 cm³/mol. The van der Waals surface area contributed by atoms with E-state index in [9.17, 15) is 4.79 Å². The lowest BCUT2D eigenvalue weighted by Gasteiger charge is -2.31. The fraction of sp³-hybridized carbons (Fsp3) is 0.391. The van der Waals surface area contributed by atoms with Gasteiger partial charge in [-0.1, -0.05) is 29.5 Å². The third kappa shape index (κ3) is 5.46. The number of aromatic nitrogens is 1. The first-order valence-corrected chi connectivity index (χ1v) is 12.1. The maximum Gasteiger partial charge on any atom is 0.274 e. The Hall–Kier alpha value is -2.25. The van der Waals surface area contributed by atoms with Crippen molar-refractivity contribution in [1.29, 1.82) is 0 Å². The van der Waals surface area contributed by atoms with E-state index >= 15 is 0 Å². The maximum atomic E-state index is 12.5. The summed E-state index contributed by atoms with van der Waals surface area (Å²) in [6, 6.07) is 16.2. The molecule has 1 aliphatic rings. The van der Waals surface area contributed by atoms with Crippen molar-refractivity contribution in [1.82, 2.24) is 9.88 Å². The lowest BCUT2D eigenvalue weighted by molar-refractivity contribution is -0.133. The molecule has 7 heteroatoms. The van der Waals surface area contributed by atoms with Crippen LogP contribution >= 0.6 is 23.1 Å². The summed E-state index contributed by atoms with van der Waals surface area (Å²) >= 11 is 3.37. The van der Waals surface area contributed by atoms with E-state index in [0.717, 1.165) is 54.1 Å². The minimum absolute atomic E-state index is 0.116. The maximum absolute atomic E-state index is 12.5. The molecule has 0 saturated carbocycles. The van der Waals surface area contributed by atoms with Gasteiger partial charge in [-0.25, -0.2) is 4.98 Å². The molecule has 0 aliphatic carbocycles. The Kier molecular flexibility index (Phi) is 7.12. The van der Waals surface area contributed by atoms with Crippen molar-refractivity contribution in [2.24, 2.45) is 0 Å². The summed E-state index contributed by atoms with van der Waals surface area (Å²) in [6.07, 6.45) is 3.34. The quantitative estimate of drug-likeness (QED) is 0.352. The Morgan fingerprint density at radius 1 is 1.20 bits per heavy atom. The van der Waals surface area contributed by atoms with E-state index in [1.165, 1.54) is 4.90 Å². The second kappa shape index (κ2) is 10.2. The number of hydrogen-bond acceptors (Lipinski definition) is 6. The van der Waals surface area contributed by atoms with Crippen LogP contribution in [-0.2, 0) is 4.79 Å². The van der Waals surface area contributed by atoms with E-state index in [1.807, 2.05) is 53.1 Å². The molecule has 1 fully saturated rings. The molecule has 1 aliphatic heterocycles. The van der Waals surface area contributed by atoms with Crippen molar-refractivity contribution in [2.45, 2.75) is 36.7 Å². The second-order valence-corrected chi connectivity index (χ2v) is 9.44. The van der Waals surface area contributed by atoms with E-state index < -0.39 is 0 Å². The molecule has 0 unspecified atom stereocenters. The van der Waals surface area contributed by atoms with Gasteiger partial charge in [-0.05, 0) is 36.4 Å². The van der Waals surface area contributed by atoms with Crippen molar-refractivity contribution in [3.05, 3.63) is 48.5 Å². The monoisotopic (exact) mass is 442 g/mol. The van der Waals surface area contributed by atoms with Gasteiger partial charge in [-0.3, -0.25) is 4.79 Å². The molecule has 0 atom stereocenters. The van der Waals surface area contributed by atoms with Gasteiger partial charge < -0.3 is 14.4 Å². The molecule has 5 nitrogen and oxygen atoms in total. The molecule has 3 aromatic rings. The van der Waals surface area contributed by atoms with Gasteiger partial charge in [-0.2, -0.15) is 0 Å². The largest absolute Gasteiger partial charge is 0.497 e. The Balaban J connectivity index is 1.19. The van der Waals surface area contributed by atoms with Crippen LogP contribution in [0.2, 0.25) is 0 Å². The number of thiazole rings is 1. The highest BCUT2D eigenvalue weighted by Crippen LogP contribution is 2.32. The van der Waals surface area contributed by atoms with E-state index in [-0.39, 0.29) is 12.0 Å². The average molecular weight is 443 g/mol. The van der Waals surface area contributed by atoms with Crippen LogP contribution in [0.25, 0.3) is 10.2 Å². The molecule has 0 bridgehead atoms. The van der Waals surface area contributed by atoms with E-state index in [2.05, 4.69) is 17.1 Å². The van der Waals surface area contributed by atoms with Crippen LogP contribution in [0.5, 0.6) is 10.9 Å². The smallest absolute Gasteiger partial charge is 0.274 e. The Labute approximate surface area is 185 Å². The Morgan fingerprint density at radius 3 is 2.77 bits per heavy atom. The lowest BCUT2D eigenvalue weighted by atomic mass is 10.1. The molecule has 1 saturated heterocycles. The fourth-order valence-corrected chi connectivity index (χ4v) is 5.25. The highest BCUT2D eigenvalue weighted by Gasteiger charge is 2.24. The summed E-state index contributed by atoms with van der Waals surface area (Å²) in [4.78, 5) is 20.3. The second-order valence-electron chi connectivity index (χ2n) is 7.28. The molecule has 0 N–H and O–H groups in total. The fourth-order valence-electron chi connectivity index (χ4n) is 3.52. The van der Waals surface area contributed by atoms with Crippen molar-refractivity contribution in [3.8, 4) is 10.9 Å². The number of hydrogen-bond donors (Lipinski definition) is 0. The number of fused-ring (bicyclic) bond motifs is 1. The number of benzene rings is 2. The van der Waals surface area contributed by atoms with E-state index in [4.69, 9.17) is 9.47 Å². The van der Waals surface area contributed by atoms with Crippen LogP contribution < -0.4 is 9.47 Å². The first-order chi connectivity index (χ1) is 14.7. The summed E-state index contributed by atoms with van der Waals surface area (Å²) in [5.41, 5.74) is 0.898.